The van der Waals surface area contributed by atoms with E-state index in [0.717, 1.165) is 13.1 Å². The molecule has 0 aromatic rings. The highest BCUT2D eigenvalue weighted by Gasteiger charge is 2.36. The van der Waals surface area contributed by atoms with Crippen LogP contribution in [-0.4, -0.2) is 60.0 Å². The van der Waals surface area contributed by atoms with Gasteiger partial charge in [-0.05, 0) is 39.2 Å². The zero-order valence-corrected chi connectivity index (χ0v) is 10.7. The van der Waals surface area contributed by atoms with E-state index in [9.17, 15) is 4.79 Å². The maximum absolute atomic E-state index is 12.2. The third-order valence-electron chi connectivity index (χ3n) is 4.38. The minimum absolute atomic E-state index is 0.302. The summed E-state index contributed by atoms with van der Waals surface area (Å²) >= 11 is 0. The molecular weight excluding hydrogens is 214 g/mol. The predicted molar refractivity (Wildman–Crippen MR) is 66.8 cm³/mol. The van der Waals surface area contributed by atoms with Crippen LogP contribution in [0.15, 0.2) is 0 Å². The van der Waals surface area contributed by atoms with E-state index < -0.39 is 0 Å². The summed E-state index contributed by atoms with van der Waals surface area (Å²) in [6.07, 6.45) is 5.07. The van der Waals surface area contributed by atoms with Gasteiger partial charge < -0.3 is 10.2 Å². The Bertz CT molecular complexity index is 303. The van der Waals surface area contributed by atoms with E-state index in [4.69, 9.17) is 0 Å². The Morgan fingerprint density at radius 1 is 1.29 bits per heavy atom. The average molecular weight is 237 g/mol. The Balaban J connectivity index is 1.55. The largest absolute Gasteiger partial charge is 0.336 e. The summed E-state index contributed by atoms with van der Waals surface area (Å²) in [5.74, 6) is 0.302. The molecule has 2 atom stereocenters. The summed E-state index contributed by atoms with van der Waals surface area (Å²) < 4.78 is 0. The molecule has 0 aromatic carbocycles. The number of nitrogens with one attached hydrogen (secondary N) is 1. The molecule has 1 N–H and O–H groups in total. The number of piperazine rings is 1. The van der Waals surface area contributed by atoms with Crippen molar-refractivity contribution in [3.05, 3.63) is 0 Å². The second-order valence-corrected chi connectivity index (χ2v) is 5.84. The van der Waals surface area contributed by atoms with Gasteiger partial charge in [0.05, 0.1) is 6.54 Å². The molecule has 96 valence electrons. The minimum Gasteiger partial charge on any atom is -0.336 e. The standard InChI is InChI=1S/C13H23N3O/c1-10-8-15-6-2-3-12(15)9-16(10)13(17)7-14-11-4-5-11/h10-12,14H,2-9H2,1H3. The Kier molecular flexibility index (Phi) is 3.09. The van der Waals surface area contributed by atoms with Gasteiger partial charge in [-0.2, -0.15) is 0 Å². The lowest BCUT2D eigenvalue weighted by Crippen LogP contribution is -2.58. The lowest BCUT2D eigenvalue weighted by atomic mass is 10.1. The Labute approximate surface area is 103 Å². The SMILES string of the molecule is CC1CN2CCCC2CN1C(=O)CNC1CC1. The number of hydrogen-bond acceptors (Lipinski definition) is 3. The first-order valence-electron chi connectivity index (χ1n) is 7.01. The molecule has 0 spiro atoms. The van der Waals surface area contributed by atoms with Crippen molar-refractivity contribution in [2.75, 3.05) is 26.2 Å². The van der Waals surface area contributed by atoms with E-state index in [0.29, 0.717) is 30.6 Å². The van der Waals surface area contributed by atoms with Crippen LogP contribution in [-0.2, 0) is 4.79 Å². The van der Waals surface area contributed by atoms with Gasteiger partial charge in [0.2, 0.25) is 5.91 Å². The Hall–Kier alpha value is -0.610. The first-order chi connectivity index (χ1) is 8.24. The molecule has 3 aliphatic rings. The van der Waals surface area contributed by atoms with E-state index in [1.165, 1.54) is 32.2 Å². The monoisotopic (exact) mass is 237 g/mol. The zero-order chi connectivity index (χ0) is 11.8. The van der Waals surface area contributed by atoms with Crippen molar-refractivity contribution in [2.45, 2.75) is 50.7 Å². The van der Waals surface area contributed by atoms with Crippen LogP contribution in [0, 0.1) is 0 Å². The topological polar surface area (TPSA) is 35.6 Å². The van der Waals surface area contributed by atoms with E-state index in [1.807, 2.05) is 0 Å². The molecule has 2 aliphatic heterocycles. The number of carbonyl (C=O) groups excluding carboxylic acids is 1. The molecule has 2 unspecified atom stereocenters. The molecule has 3 fully saturated rings. The highest BCUT2D eigenvalue weighted by Crippen LogP contribution is 2.24. The molecule has 1 aliphatic carbocycles. The van der Waals surface area contributed by atoms with Crippen molar-refractivity contribution >= 4 is 5.91 Å². The van der Waals surface area contributed by atoms with Crippen LogP contribution in [0.25, 0.3) is 0 Å². The fourth-order valence-corrected chi connectivity index (χ4v) is 3.16. The quantitative estimate of drug-likeness (QED) is 0.773. The van der Waals surface area contributed by atoms with Crippen LogP contribution in [0.4, 0.5) is 0 Å². The first-order valence-corrected chi connectivity index (χ1v) is 7.01. The molecule has 0 radical (unpaired) electrons. The van der Waals surface area contributed by atoms with Gasteiger partial charge in [-0.25, -0.2) is 0 Å². The molecule has 4 heteroatoms. The summed E-state index contributed by atoms with van der Waals surface area (Å²) in [7, 11) is 0. The predicted octanol–water partition coefficient (Wildman–Crippen LogP) is 0.434. The number of nitrogens with zero attached hydrogens (tertiary/aromatic N) is 2. The van der Waals surface area contributed by atoms with Crippen molar-refractivity contribution in [3.63, 3.8) is 0 Å². The van der Waals surface area contributed by atoms with Gasteiger partial charge in [0, 0.05) is 31.2 Å². The summed E-state index contributed by atoms with van der Waals surface area (Å²) in [6, 6.07) is 1.65. The summed E-state index contributed by atoms with van der Waals surface area (Å²) in [4.78, 5) is 16.8. The van der Waals surface area contributed by atoms with Gasteiger partial charge in [0.1, 0.15) is 0 Å². The lowest BCUT2D eigenvalue weighted by molar-refractivity contribution is -0.135. The van der Waals surface area contributed by atoms with Crippen LogP contribution >= 0.6 is 0 Å². The van der Waals surface area contributed by atoms with Crippen molar-refractivity contribution in [3.8, 4) is 0 Å². The number of carbonyl (C=O) groups is 1. The molecule has 17 heavy (non-hydrogen) atoms. The molecule has 3 rings (SSSR count). The maximum Gasteiger partial charge on any atom is 0.236 e. The van der Waals surface area contributed by atoms with Crippen LogP contribution in [0.1, 0.15) is 32.6 Å². The third kappa shape index (κ3) is 2.47. The number of amides is 1. The van der Waals surface area contributed by atoms with Crippen LogP contribution in [0.2, 0.25) is 0 Å². The van der Waals surface area contributed by atoms with Crippen LogP contribution < -0.4 is 5.32 Å². The zero-order valence-electron chi connectivity index (χ0n) is 10.7. The van der Waals surface area contributed by atoms with Gasteiger partial charge in [-0.15, -0.1) is 0 Å². The fraction of sp³-hybridized carbons (Fsp3) is 0.923. The van der Waals surface area contributed by atoms with E-state index in [1.54, 1.807) is 0 Å². The van der Waals surface area contributed by atoms with Crippen LogP contribution in [0.3, 0.4) is 0 Å². The fourth-order valence-electron chi connectivity index (χ4n) is 3.16. The smallest absolute Gasteiger partial charge is 0.236 e. The molecule has 0 aromatic heterocycles. The van der Waals surface area contributed by atoms with E-state index in [2.05, 4.69) is 22.0 Å². The van der Waals surface area contributed by atoms with Gasteiger partial charge in [-0.1, -0.05) is 0 Å². The lowest BCUT2D eigenvalue weighted by Gasteiger charge is -2.42. The average Bonchev–Trinajstić information content (AvgIpc) is 3.03. The van der Waals surface area contributed by atoms with Crippen molar-refractivity contribution < 1.29 is 4.79 Å². The molecular formula is C13H23N3O. The highest BCUT2D eigenvalue weighted by molar-refractivity contribution is 5.78. The second-order valence-electron chi connectivity index (χ2n) is 5.84. The van der Waals surface area contributed by atoms with Gasteiger partial charge in [0.25, 0.3) is 0 Å². The molecule has 1 saturated carbocycles. The van der Waals surface area contributed by atoms with Gasteiger partial charge in [-0.3, -0.25) is 9.69 Å². The highest BCUT2D eigenvalue weighted by atomic mass is 16.2. The van der Waals surface area contributed by atoms with Crippen molar-refractivity contribution in [1.82, 2.24) is 15.1 Å². The minimum atomic E-state index is 0.302. The van der Waals surface area contributed by atoms with E-state index >= 15 is 0 Å². The van der Waals surface area contributed by atoms with Crippen molar-refractivity contribution in [2.24, 2.45) is 0 Å². The maximum atomic E-state index is 12.2. The van der Waals surface area contributed by atoms with Crippen LogP contribution in [0.5, 0.6) is 0 Å². The number of rotatable bonds is 3. The second kappa shape index (κ2) is 4.58. The summed E-state index contributed by atoms with van der Waals surface area (Å²) in [5.41, 5.74) is 0. The summed E-state index contributed by atoms with van der Waals surface area (Å²) in [6.45, 7) is 5.98. The van der Waals surface area contributed by atoms with Gasteiger partial charge in [0.15, 0.2) is 0 Å². The van der Waals surface area contributed by atoms with Crippen molar-refractivity contribution in [1.29, 1.82) is 0 Å². The molecule has 2 saturated heterocycles. The number of hydrogen-bond donors (Lipinski definition) is 1. The Morgan fingerprint density at radius 2 is 2.12 bits per heavy atom. The first kappa shape index (κ1) is 11.5. The Morgan fingerprint density at radius 3 is 2.88 bits per heavy atom. The third-order valence-corrected chi connectivity index (χ3v) is 4.38. The molecule has 1 amide bonds. The summed E-state index contributed by atoms with van der Waals surface area (Å²) in [5, 5.41) is 3.33. The van der Waals surface area contributed by atoms with Gasteiger partial charge >= 0.3 is 0 Å². The normalized spacial score (nSPS) is 33.8. The molecule has 0 bridgehead atoms. The molecule has 2 heterocycles. The van der Waals surface area contributed by atoms with E-state index in [-0.39, 0.29) is 0 Å². The number of fused-ring (bicyclic) bond motifs is 1. The molecule has 4 nitrogen and oxygen atoms in total.